The summed E-state index contributed by atoms with van der Waals surface area (Å²) in [6, 6.07) is 6.00. The first-order valence-electron chi connectivity index (χ1n) is 5.78. The fourth-order valence-electron chi connectivity index (χ4n) is 1.56. The molecule has 0 spiro atoms. The largest absolute Gasteiger partial charge is 0.465 e. The maximum Gasteiger partial charge on any atom is 0.339 e. The first-order chi connectivity index (χ1) is 10.4. The van der Waals surface area contributed by atoms with E-state index in [9.17, 15) is 14.9 Å². The summed E-state index contributed by atoms with van der Waals surface area (Å²) in [5.41, 5.74) is -0.340. The molecule has 2 rings (SSSR count). The number of nitro groups is 1. The highest BCUT2D eigenvalue weighted by Crippen LogP contribution is 2.40. The first-order valence-corrected chi connectivity index (χ1v) is 7.36. The number of esters is 1. The summed E-state index contributed by atoms with van der Waals surface area (Å²) in [5, 5.41) is 12.0. The van der Waals surface area contributed by atoms with Crippen LogP contribution in [-0.2, 0) is 4.74 Å². The average molecular weight is 359 g/mol. The third kappa shape index (κ3) is 3.49. The number of hydrogen-bond acceptors (Lipinski definition) is 6. The molecular formula is C13H8Cl2N2O4S. The molecule has 1 heterocycles. The van der Waals surface area contributed by atoms with Crippen LogP contribution in [0.5, 0.6) is 0 Å². The number of ether oxygens (including phenoxy) is 1. The Bertz CT molecular complexity index is 735. The van der Waals surface area contributed by atoms with Crippen molar-refractivity contribution in [1.29, 1.82) is 0 Å². The highest BCUT2D eigenvalue weighted by Gasteiger charge is 2.22. The Morgan fingerprint density at radius 2 is 2.00 bits per heavy atom. The van der Waals surface area contributed by atoms with E-state index in [1.54, 1.807) is 18.2 Å². The second-order valence-electron chi connectivity index (χ2n) is 3.95. The van der Waals surface area contributed by atoms with E-state index < -0.39 is 10.9 Å². The van der Waals surface area contributed by atoms with Gasteiger partial charge in [-0.2, -0.15) is 0 Å². The van der Waals surface area contributed by atoms with Gasteiger partial charge in [0, 0.05) is 12.3 Å². The van der Waals surface area contributed by atoms with Crippen molar-refractivity contribution >= 4 is 46.6 Å². The number of rotatable bonds is 4. The molecule has 0 aliphatic rings. The monoisotopic (exact) mass is 358 g/mol. The third-order valence-electron chi connectivity index (χ3n) is 2.57. The zero-order valence-corrected chi connectivity index (χ0v) is 13.4. The van der Waals surface area contributed by atoms with Crippen molar-refractivity contribution in [2.24, 2.45) is 0 Å². The Balaban J connectivity index is 2.47. The van der Waals surface area contributed by atoms with Crippen LogP contribution in [0.1, 0.15) is 10.4 Å². The van der Waals surface area contributed by atoms with Crippen molar-refractivity contribution in [2.75, 3.05) is 7.11 Å². The Hall–Kier alpha value is -1.83. The van der Waals surface area contributed by atoms with E-state index in [0.29, 0.717) is 14.9 Å². The van der Waals surface area contributed by atoms with Gasteiger partial charge < -0.3 is 4.74 Å². The minimum Gasteiger partial charge on any atom is -0.465 e. The molecule has 0 atom stereocenters. The van der Waals surface area contributed by atoms with Gasteiger partial charge in [-0.25, -0.2) is 9.78 Å². The third-order valence-corrected chi connectivity index (χ3v) is 4.57. The summed E-state index contributed by atoms with van der Waals surface area (Å²) in [5.74, 6) is -0.706. The van der Waals surface area contributed by atoms with Gasteiger partial charge in [0.05, 0.1) is 32.5 Å². The predicted octanol–water partition coefficient (Wildman–Crippen LogP) is 4.23. The van der Waals surface area contributed by atoms with E-state index in [1.807, 2.05) is 0 Å². The quantitative estimate of drug-likeness (QED) is 0.461. The number of carbonyl (C=O) groups excluding carboxylic acids is 1. The van der Waals surface area contributed by atoms with Crippen LogP contribution < -0.4 is 0 Å². The number of aromatic nitrogens is 1. The molecule has 2 aromatic rings. The summed E-state index contributed by atoms with van der Waals surface area (Å²) in [6.45, 7) is 0. The molecule has 0 bridgehead atoms. The lowest BCUT2D eigenvalue weighted by Crippen LogP contribution is -2.04. The number of carbonyl (C=O) groups is 1. The zero-order chi connectivity index (χ0) is 16.3. The van der Waals surface area contributed by atoms with Crippen LogP contribution in [0, 0.1) is 10.1 Å². The molecule has 1 aromatic carbocycles. The summed E-state index contributed by atoms with van der Waals surface area (Å²) >= 11 is 13.0. The van der Waals surface area contributed by atoms with E-state index in [-0.39, 0.29) is 16.3 Å². The summed E-state index contributed by atoms with van der Waals surface area (Å²) in [7, 11) is 1.18. The fraction of sp³-hybridized carbons (Fsp3) is 0.0769. The number of halogens is 2. The molecule has 6 nitrogen and oxygen atoms in total. The molecule has 114 valence electrons. The van der Waals surface area contributed by atoms with Crippen molar-refractivity contribution in [3.8, 4) is 0 Å². The van der Waals surface area contributed by atoms with E-state index >= 15 is 0 Å². The fourth-order valence-corrected chi connectivity index (χ4v) is 3.05. The second kappa shape index (κ2) is 6.95. The first kappa shape index (κ1) is 16.5. The van der Waals surface area contributed by atoms with Crippen LogP contribution in [0.25, 0.3) is 0 Å². The van der Waals surface area contributed by atoms with Gasteiger partial charge in [-0.15, -0.1) is 0 Å². The smallest absolute Gasteiger partial charge is 0.339 e. The van der Waals surface area contributed by atoms with Gasteiger partial charge in [-0.05, 0) is 12.1 Å². The van der Waals surface area contributed by atoms with Gasteiger partial charge in [-0.1, -0.05) is 41.0 Å². The lowest BCUT2D eigenvalue weighted by Gasteiger charge is -2.07. The SMILES string of the molecule is COC(=O)c1cnc(Sc2c(Cl)cccc2Cl)c([N+](=O)[O-])c1. The molecule has 0 amide bonds. The molecule has 22 heavy (non-hydrogen) atoms. The molecule has 1 aromatic heterocycles. The highest BCUT2D eigenvalue weighted by atomic mass is 35.5. The molecule has 0 saturated carbocycles. The lowest BCUT2D eigenvalue weighted by atomic mass is 10.3. The van der Waals surface area contributed by atoms with Crippen LogP contribution in [0.15, 0.2) is 40.4 Å². The van der Waals surface area contributed by atoms with Gasteiger partial charge in [0.1, 0.15) is 0 Å². The van der Waals surface area contributed by atoms with E-state index in [2.05, 4.69) is 9.72 Å². The van der Waals surface area contributed by atoms with Crippen LogP contribution in [-0.4, -0.2) is 23.0 Å². The van der Waals surface area contributed by atoms with Gasteiger partial charge in [0.15, 0.2) is 5.03 Å². The molecule has 0 unspecified atom stereocenters. The van der Waals surface area contributed by atoms with E-state index in [1.165, 1.54) is 13.3 Å². The highest BCUT2D eigenvalue weighted by molar-refractivity contribution is 7.99. The number of pyridine rings is 1. The molecular weight excluding hydrogens is 351 g/mol. The summed E-state index contributed by atoms with van der Waals surface area (Å²) in [6.07, 6.45) is 1.20. The van der Waals surface area contributed by atoms with Crippen molar-refractivity contribution in [3.05, 3.63) is 56.2 Å². The molecule has 0 aliphatic carbocycles. The second-order valence-corrected chi connectivity index (χ2v) is 5.76. The Labute approximate surface area is 139 Å². The normalized spacial score (nSPS) is 10.3. The Morgan fingerprint density at radius 3 is 2.55 bits per heavy atom. The molecule has 0 fully saturated rings. The van der Waals surface area contributed by atoms with Gasteiger partial charge >= 0.3 is 11.7 Å². The average Bonchev–Trinajstić information content (AvgIpc) is 2.50. The molecule has 0 radical (unpaired) electrons. The van der Waals surface area contributed by atoms with Crippen LogP contribution in [0.3, 0.4) is 0 Å². The molecule has 0 N–H and O–H groups in total. The van der Waals surface area contributed by atoms with Crippen molar-refractivity contribution in [3.63, 3.8) is 0 Å². The Kier molecular flexibility index (Phi) is 5.23. The Morgan fingerprint density at radius 1 is 1.36 bits per heavy atom. The number of methoxy groups -OCH3 is 1. The van der Waals surface area contributed by atoms with Crippen LogP contribution in [0.4, 0.5) is 5.69 Å². The van der Waals surface area contributed by atoms with Crippen molar-refractivity contribution in [2.45, 2.75) is 9.92 Å². The molecule has 0 saturated heterocycles. The summed E-state index contributed by atoms with van der Waals surface area (Å²) < 4.78 is 4.52. The van der Waals surface area contributed by atoms with Gasteiger partial charge in [0.25, 0.3) is 0 Å². The minimum absolute atomic E-state index is 0.0104. The standard InChI is InChI=1S/C13H8Cl2N2O4S/c1-21-13(18)7-5-10(17(19)20)12(16-6-7)22-11-8(14)3-2-4-9(11)15/h2-6H,1H3. The predicted molar refractivity (Wildman–Crippen MR) is 82.8 cm³/mol. The van der Waals surface area contributed by atoms with Crippen LogP contribution in [0.2, 0.25) is 10.0 Å². The van der Waals surface area contributed by atoms with E-state index in [0.717, 1.165) is 17.8 Å². The van der Waals surface area contributed by atoms with Crippen LogP contribution >= 0.6 is 35.0 Å². The molecule has 0 aliphatic heterocycles. The number of nitrogens with zero attached hydrogens (tertiary/aromatic N) is 2. The maximum absolute atomic E-state index is 11.4. The van der Waals surface area contributed by atoms with Gasteiger partial charge in [-0.3, -0.25) is 10.1 Å². The van der Waals surface area contributed by atoms with Crippen molar-refractivity contribution in [1.82, 2.24) is 4.98 Å². The maximum atomic E-state index is 11.4. The van der Waals surface area contributed by atoms with Crippen molar-refractivity contribution < 1.29 is 14.5 Å². The molecule has 9 heteroatoms. The zero-order valence-electron chi connectivity index (χ0n) is 11.1. The number of benzene rings is 1. The van der Waals surface area contributed by atoms with Gasteiger partial charge in [0.2, 0.25) is 0 Å². The minimum atomic E-state index is -0.706. The number of hydrogen-bond donors (Lipinski definition) is 0. The topological polar surface area (TPSA) is 82.3 Å². The van der Waals surface area contributed by atoms with E-state index in [4.69, 9.17) is 23.2 Å². The summed E-state index contributed by atoms with van der Waals surface area (Å²) in [4.78, 5) is 26.4. The lowest BCUT2D eigenvalue weighted by molar-refractivity contribution is -0.388.